The van der Waals surface area contributed by atoms with E-state index >= 15 is 0 Å². The number of aliphatic imine (C=N–C) groups is 1. The number of morpholine rings is 1. The lowest BCUT2D eigenvalue weighted by Crippen LogP contribution is -2.46. The zero-order chi connectivity index (χ0) is 17.0. The molecular formula is C17H30N4O3. The Balaban J connectivity index is 1.79. The second kappa shape index (κ2) is 11.1. The molecular weight excluding hydrogens is 308 g/mol. The molecule has 0 aromatic carbocycles. The van der Waals surface area contributed by atoms with Crippen LogP contribution >= 0.6 is 0 Å². The Hall–Kier alpha value is -1.57. The summed E-state index contributed by atoms with van der Waals surface area (Å²) in [5.41, 5.74) is 0. The lowest BCUT2D eigenvalue weighted by atomic mass is 10.2. The van der Waals surface area contributed by atoms with Gasteiger partial charge in [-0.2, -0.15) is 0 Å². The molecule has 24 heavy (non-hydrogen) atoms. The summed E-state index contributed by atoms with van der Waals surface area (Å²) >= 11 is 0. The molecule has 2 heterocycles. The zero-order valence-electron chi connectivity index (χ0n) is 14.5. The molecule has 2 rings (SSSR count). The molecule has 7 heteroatoms. The average molecular weight is 338 g/mol. The van der Waals surface area contributed by atoms with Gasteiger partial charge in [0.25, 0.3) is 0 Å². The van der Waals surface area contributed by atoms with Crippen molar-refractivity contribution in [3.63, 3.8) is 0 Å². The highest BCUT2D eigenvalue weighted by Gasteiger charge is 2.10. The highest BCUT2D eigenvalue weighted by atomic mass is 16.5. The summed E-state index contributed by atoms with van der Waals surface area (Å²) in [5.74, 6) is 1.69. The maximum Gasteiger partial charge on any atom is 0.191 e. The van der Waals surface area contributed by atoms with Crippen molar-refractivity contribution in [2.75, 3.05) is 52.5 Å². The van der Waals surface area contributed by atoms with Crippen molar-refractivity contribution in [1.29, 1.82) is 0 Å². The largest absolute Gasteiger partial charge is 0.469 e. The van der Waals surface area contributed by atoms with Gasteiger partial charge in [0.1, 0.15) is 5.76 Å². The van der Waals surface area contributed by atoms with Gasteiger partial charge in [-0.15, -0.1) is 0 Å². The number of guanidine groups is 1. The maximum absolute atomic E-state index is 9.40. The minimum atomic E-state index is 0.0169. The van der Waals surface area contributed by atoms with Crippen LogP contribution in [0.25, 0.3) is 0 Å². The number of aliphatic hydroxyl groups is 1. The van der Waals surface area contributed by atoms with Crippen molar-refractivity contribution in [2.45, 2.75) is 25.8 Å². The first-order chi connectivity index (χ1) is 11.8. The second-order valence-electron chi connectivity index (χ2n) is 5.87. The van der Waals surface area contributed by atoms with Gasteiger partial charge < -0.3 is 24.9 Å². The number of furan rings is 1. The summed E-state index contributed by atoms with van der Waals surface area (Å²) in [7, 11) is 0. The topological polar surface area (TPSA) is 82.3 Å². The van der Waals surface area contributed by atoms with E-state index in [4.69, 9.17) is 9.15 Å². The van der Waals surface area contributed by atoms with Crippen molar-refractivity contribution in [3.05, 3.63) is 24.2 Å². The van der Waals surface area contributed by atoms with Crippen LogP contribution in [0.3, 0.4) is 0 Å². The maximum atomic E-state index is 9.40. The third-order valence-electron chi connectivity index (χ3n) is 4.09. The molecule has 1 aromatic rings. The summed E-state index contributed by atoms with van der Waals surface area (Å²) in [6.45, 7) is 8.07. The van der Waals surface area contributed by atoms with Crippen molar-refractivity contribution >= 4 is 5.96 Å². The van der Waals surface area contributed by atoms with E-state index in [0.29, 0.717) is 0 Å². The smallest absolute Gasteiger partial charge is 0.191 e. The molecule has 1 aromatic heterocycles. The Morgan fingerprint density at radius 3 is 2.92 bits per heavy atom. The Kier molecular flexibility index (Phi) is 8.65. The van der Waals surface area contributed by atoms with Crippen molar-refractivity contribution in [3.8, 4) is 0 Å². The molecule has 1 aliphatic rings. The van der Waals surface area contributed by atoms with Gasteiger partial charge in [0.2, 0.25) is 0 Å². The molecule has 3 N–H and O–H groups in total. The monoisotopic (exact) mass is 338 g/mol. The van der Waals surface area contributed by atoms with Crippen LogP contribution in [-0.2, 0) is 11.2 Å². The number of hydrogen-bond acceptors (Lipinski definition) is 5. The lowest BCUT2D eigenvalue weighted by Gasteiger charge is -2.26. The molecule has 0 unspecified atom stereocenters. The minimum Gasteiger partial charge on any atom is -0.469 e. The third kappa shape index (κ3) is 6.90. The van der Waals surface area contributed by atoms with Gasteiger partial charge in [0.15, 0.2) is 5.96 Å². The van der Waals surface area contributed by atoms with Crippen LogP contribution < -0.4 is 10.6 Å². The average Bonchev–Trinajstić information content (AvgIpc) is 3.13. The van der Waals surface area contributed by atoms with E-state index in [9.17, 15) is 5.11 Å². The predicted octanol–water partition coefficient (Wildman–Crippen LogP) is 0.460. The van der Waals surface area contributed by atoms with Gasteiger partial charge in [-0.25, -0.2) is 0 Å². The number of aliphatic hydroxyl groups excluding tert-OH is 1. The summed E-state index contributed by atoms with van der Waals surface area (Å²) < 4.78 is 10.7. The van der Waals surface area contributed by atoms with E-state index in [1.807, 2.05) is 19.1 Å². The SMILES string of the molecule is CC[C@H](CO)NC(=NCCN1CCOCC1)NCCc1ccco1. The lowest BCUT2D eigenvalue weighted by molar-refractivity contribution is 0.0394. The fourth-order valence-electron chi connectivity index (χ4n) is 2.51. The van der Waals surface area contributed by atoms with Crippen LogP contribution in [0.15, 0.2) is 27.8 Å². The van der Waals surface area contributed by atoms with Gasteiger partial charge in [-0.05, 0) is 18.6 Å². The second-order valence-corrected chi connectivity index (χ2v) is 5.87. The Morgan fingerprint density at radius 1 is 1.42 bits per heavy atom. The fraction of sp³-hybridized carbons (Fsp3) is 0.706. The number of ether oxygens (including phenoxy) is 1. The van der Waals surface area contributed by atoms with Crippen molar-refractivity contribution < 1.29 is 14.3 Å². The third-order valence-corrected chi connectivity index (χ3v) is 4.09. The molecule has 0 saturated carbocycles. The molecule has 0 spiro atoms. The summed E-state index contributed by atoms with van der Waals surface area (Å²) in [6, 6.07) is 3.87. The summed E-state index contributed by atoms with van der Waals surface area (Å²) in [5, 5.41) is 16.0. The Labute approximate surface area is 144 Å². The highest BCUT2D eigenvalue weighted by Crippen LogP contribution is 2.00. The van der Waals surface area contributed by atoms with E-state index in [2.05, 4.69) is 20.5 Å². The molecule has 1 aliphatic heterocycles. The first kappa shape index (κ1) is 18.8. The minimum absolute atomic E-state index is 0.0169. The van der Waals surface area contributed by atoms with Crippen molar-refractivity contribution in [1.82, 2.24) is 15.5 Å². The zero-order valence-corrected chi connectivity index (χ0v) is 14.5. The molecule has 136 valence electrons. The van der Waals surface area contributed by atoms with Crippen LogP contribution in [0.2, 0.25) is 0 Å². The van der Waals surface area contributed by atoms with Crippen LogP contribution in [-0.4, -0.2) is 74.6 Å². The van der Waals surface area contributed by atoms with Gasteiger partial charge in [0.05, 0.1) is 38.7 Å². The molecule has 0 bridgehead atoms. The fourth-order valence-corrected chi connectivity index (χ4v) is 2.51. The molecule has 1 fully saturated rings. The number of rotatable bonds is 9. The van der Waals surface area contributed by atoms with Gasteiger partial charge in [-0.1, -0.05) is 6.92 Å². The molecule has 0 amide bonds. The van der Waals surface area contributed by atoms with E-state index < -0.39 is 0 Å². The Bertz CT molecular complexity index is 454. The van der Waals surface area contributed by atoms with Crippen LogP contribution in [0.4, 0.5) is 0 Å². The van der Waals surface area contributed by atoms with Gasteiger partial charge >= 0.3 is 0 Å². The number of nitrogens with one attached hydrogen (secondary N) is 2. The molecule has 1 atom stereocenters. The first-order valence-electron chi connectivity index (χ1n) is 8.80. The predicted molar refractivity (Wildman–Crippen MR) is 94.3 cm³/mol. The summed E-state index contributed by atoms with van der Waals surface area (Å²) in [6.07, 6.45) is 3.33. The molecule has 0 radical (unpaired) electrons. The number of nitrogens with zero attached hydrogens (tertiary/aromatic N) is 2. The number of hydrogen-bond donors (Lipinski definition) is 3. The van der Waals surface area contributed by atoms with Crippen LogP contribution in [0, 0.1) is 0 Å². The Morgan fingerprint density at radius 2 is 2.25 bits per heavy atom. The molecule has 1 saturated heterocycles. The molecule has 7 nitrogen and oxygen atoms in total. The van der Waals surface area contributed by atoms with Crippen LogP contribution in [0.1, 0.15) is 19.1 Å². The van der Waals surface area contributed by atoms with E-state index in [0.717, 1.165) is 70.5 Å². The van der Waals surface area contributed by atoms with Crippen molar-refractivity contribution in [2.24, 2.45) is 4.99 Å². The first-order valence-corrected chi connectivity index (χ1v) is 8.80. The molecule has 0 aliphatic carbocycles. The standard InChI is InChI=1S/C17H30N4O3/c1-2-15(14-22)20-17(18-6-5-16-4-3-11-24-16)19-7-8-21-9-12-23-13-10-21/h3-4,11,15,22H,2,5-10,12-14H2,1H3,(H2,18,19,20)/t15-/m1/s1. The van der Waals surface area contributed by atoms with E-state index in [1.54, 1.807) is 6.26 Å². The quantitative estimate of drug-likeness (QED) is 0.448. The normalized spacial score (nSPS) is 17.7. The van der Waals surface area contributed by atoms with E-state index in [1.165, 1.54) is 0 Å². The summed E-state index contributed by atoms with van der Waals surface area (Å²) in [4.78, 5) is 7.00. The highest BCUT2D eigenvalue weighted by molar-refractivity contribution is 5.80. The van der Waals surface area contributed by atoms with Gasteiger partial charge in [-0.3, -0.25) is 9.89 Å². The van der Waals surface area contributed by atoms with E-state index in [-0.39, 0.29) is 12.6 Å². The van der Waals surface area contributed by atoms with Gasteiger partial charge in [0, 0.05) is 32.6 Å². The van der Waals surface area contributed by atoms with Crippen LogP contribution in [0.5, 0.6) is 0 Å².